The zero-order valence-electron chi connectivity index (χ0n) is 11.2. The summed E-state index contributed by atoms with van der Waals surface area (Å²) >= 11 is 0. The number of hydrogen-bond donors (Lipinski definition) is 3. The highest BCUT2D eigenvalue weighted by Crippen LogP contribution is 2.28. The second-order valence-corrected chi connectivity index (χ2v) is 6.13. The SMILES string of the molecule is CC(C)(C)C(=O)NCC1CCC(C(=N)N)CC1. The molecule has 0 unspecified atom stereocenters. The van der Waals surface area contributed by atoms with E-state index in [9.17, 15) is 4.79 Å². The van der Waals surface area contributed by atoms with Crippen molar-refractivity contribution in [1.82, 2.24) is 5.32 Å². The van der Waals surface area contributed by atoms with E-state index in [0.717, 1.165) is 32.2 Å². The topological polar surface area (TPSA) is 79.0 Å². The molecular weight excluding hydrogens is 214 g/mol. The first-order chi connectivity index (χ1) is 7.80. The van der Waals surface area contributed by atoms with Gasteiger partial charge in [0.15, 0.2) is 0 Å². The van der Waals surface area contributed by atoms with Gasteiger partial charge in [0.25, 0.3) is 0 Å². The van der Waals surface area contributed by atoms with Crippen molar-refractivity contribution >= 4 is 11.7 Å². The molecule has 1 rings (SSSR count). The fraction of sp³-hybridized carbons (Fsp3) is 0.846. The number of carbonyl (C=O) groups is 1. The maximum Gasteiger partial charge on any atom is 0.225 e. The molecule has 0 spiro atoms. The third-order valence-corrected chi connectivity index (χ3v) is 3.52. The van der Waals surface area contributed by atoms with Gasteiger partial charge in [-0.15, -0.1) is 0 Å². The highest BCUT2D eigenvalue weighted by molar-refractivity contribution is 5.81. The second-order valence-electron chi connectivity index (χ2n) is 6.13. The van der Waals surface area contributed by atoms with Gasteiger partial charge in [0, 0.05) is 17.9 Å². The molecule has 1 fully saturated rings. The molecule has 1 amide bonds. The fourth-order valence-corrected chi connectivity index (χ4v) is 2.18. The van der Waals surface area contributed by atoms with Gasteiger partial charge in [-0.25, -0.2) is 0 Å². The van der Waals surface area contributed by atoms with Crippen molar-refractivity contribution in [3.05, 3.63) is 0 Å². The van der Waals surface area contributed by atoms with Crippen LogP contribution in [-0.2, 0) is 4.79 Å². The van der Waals surface area contributed by atoms with Crippen molar-refractivity contribution in [2.45, 2.75) is 46.5 Å². The normalized spacial score (nSPS) is 25.4. The van der Waals surface area contributed by atoms with Crippen LogP contribution in [0.4, 0.5) is 0 Å². The van der Waals surface area contributed by atoms with Crippen LogP contribution in [-0.4, -0.2) is 18.3 Å². The van der Waals surface area contributed by atoms with Gasteiger partial charge in [-0.2, -0.15) is 0 Å². The third kappa shape index (κ3) is 4.36. The van der Waals surface area contributed by atoms with Crippen LogP contribution in [0.2, 0.25) is 0 Å². The Morgan fingerprint density at radius 3 is 2.24 bits per heavy atom. The van der Waals surface area contributed by atoms with E-state index >= 15 is 0 Å². The van der Waals surface area contributed by atoms with Gasteiger partial charge in [0.2, 0.25) is 5.91 Å². The molecule has 0 saturated heterocycles. The van der Waals surface area contributed by atoms with Crippen LogP contribution in [0.3, 0.4) is 0 Å². The van der Waals surface area contributed by atoms with Crippen LogP contribution >= 0.6 is 0 Å². The number of nitrogens with two attached hydrogens (primary N) is 1. The Hall–Kier alpha value is -1.06. The molecule has 4 nitrogen and oxygen atoms in total. The van der Waals surface area contributed by atoms with Gasteiger partial charge in [0.05, 0.1) is 5.84 Å². The Kier molecular flexibility index (Phi) is 4.54. The van der Waals surface area contributed by atoms with Gasteiger partial charge in [-0.05, 0) is 31.6 Å². The van der Waals surface area contributed by atoms with Crippen molar-refractivity contribution in [2.24, 2.45) is 23.0 Å². The summed E-state index contributed by atoms with van der Waals surface area (Å²) in [5.74, 6) is 1.26. The maximum atomic E-state index is 11.7. The van der Waals surface area contributed by atoms with Crippen molar-refractivity contribution in [3.63, 3.8) is 0 Å². The largest absolute Gasteiger partial charge is 0.387 e. The highest BCUT2D eigenvalue weighted by atomic mass is 16.2. The first kappa shape index (κ1) is 14.0. The Morgan fingerprint density at radius 2 is 1.82 bits per heavy atom. The third-order valence-electron chi connectivity index (χ3n) is 3.52. The standard InChI is InChI=1S/C13H25N3O/c1-13(2,3)12(17)16-8-9-4-6-10(7-5-9)11(14)15/h9-10H,4-8H2,1-3H3,(H3,14,15)(H,16,17). The van der Waals surface area contributed by atoms with Crippen LogP contribution in [0.25, 0.3) is 0 Å². The van der Waals surface area contributed by atoms with Crippen molar-refractivity contribution in [2.75, 3.05) is 6.54 Å². The molecular formula is C13H25N3O. The highest BCUT2D eigenvalue weighted by Gasteiger charge is 2.25. The molecule has 1 aliphatic rings. The molecule has 0 aliphatic heterocycles. The summed E-state index contributed by atoms with van der Waals surface area (Å²) in [7, 11) is 0. The van der Waals surface area contributed by atoms with E-state index in [1.54, 1.807) is 0 Å². The summed E-state index contributed by atoms with van der Waals surface area (Å²) < 4.78 is 0. The lowest BCUT2D eigenvalue weighted by Crippen LogP contribution is -2.39. The van der Waals surface area contributed by atoms with E-state index < -0.39 is 0 Å². The Balaban J connectivity index is 2.28. The second kappa shape index (κ2) is 5.52. The van der Waals surface area contributed by atoms with Crippen LogP contribution < -0.4 is 11.1 Å². The first-order valence-electron chi connectivity index (χ1n) is 6.43. The van der Waals surface area contributed by atoms with E-state index in [2.05, 4.69) is 5.32 Å². The maximum absolute atomic E-state index is 11.7. The Labute approximate surface area is 104 Å². The Morgan fingerprint density at radius 1 is 1.29 bits per heavy atom. The van der Waals surface area contributed by atoms with Crippen LogP contribution in [0.5, 0.6) is 0 Å². The van der Waals surface area contributed by atoms with Crippen LogP contribution in [0.1, 0.15) is 46.5 Å². The molecule has 0 heterocycles. The molecule has 17 heavy (non-hydrogen) atoms. The summed E-state index contributed by atoms with van der Waals surface area (Å²) in [6.45, 7) is 6.54. The van der Waals surface area contributed by atoms with Crippen molar-refractivity contribution < 1.29 is 4.79 Å². The molecule has 0 atom stereocenters. The average molecular weight is 239 g/mol. The van der Waals surface area contributed by atoms with E-state index in [-0.39, 0.29) is 17.2 Å². The summed E-state index contributed by atoms with van der Waals surface area (Å²) in [5.41, 5.74) is 5.20. The molecule has 0 aromatic heterocycles. The zero-order chi connectivity index (χ0) is 13.1. The predicted octanol–water partition coefficient (Wildman–Crippen LogP) is 1.89. The smallest absolute Gasteiger partial charge is 0.225 e. The lowest BCUT2D eigenvalue weighted by atomic mass is 9.81. The van der Waals surface area contributed by atoms with E-state index in [0.29, 0.717) is 11.8 Å². The Bertz CT molecular complexity index is 286. The van der Waals surface area contributed by atoms with Gasteiger partial charge in [-0.3, -0.25) is 10.2 Å². The lowest BCUT2D eigenvalue weighted by molar-refractivity contribution is -0.128. The van der Waals surface area contributed by atoms with Gasteiger partial charge >= 0.3 is 0 Å². The van der Waals surface area contributed by atoms with Crippen molar-refractivity contribution in [3.8, 4) is 0 Å². The molecule has 98 valence electrons. The van der Waals surface area contributed by atoms with Crippen molar-refractivity contribution in [1.29, 1.82) is 5.41 Å². The fourth-order valence-electron chi connectivity index (χ4n) is 2.18. The quantitative estimate of drug-likeness (QED) is 0.519. The van der Waals surface area contributed by atoms with E-state index in [1.807, 2.05) is 20.8 Å². The van der Waals surface area contributed by atoms with Crippen LogP contribution in [0, 0.1) is 22.7 Å². The molecule has 0 aromatic rings. The van der Waals surface area contributed by atoms with Gasteiger partial charge in [0.1, 0.15) is 0 Å². The summed E-state index contributed by atoms with van der Waals surface area (Å²) in [6.07, 6.45) is 4.11. The molecule has 0 aromatic carbocycles. The lowest BCUT2D eigenvalue weighted by Gasteiger charge is -2.28. The molecule has 0 bridgehead atoms. The number of amides is 1. The predicted molar refractivity (Wildman–Crippen MR) is 69.8 cm³/mol. The molecule has 4 N–H and O–H groups in total. The number of amidine groups is 1. The molecule has 1 saturated carbocycles. The minimum atomic E-state index is -0.309. The van der Waals surface area contributed by atoms with E-state index in [4.69, 9.17) is 11.1 Å². The molecule has 1 aliphatic carbocycles. The van der Waals surface area contributed by atoms with Gasteiger partial charge in [-0.1, -0.05) is 20.8 Å². The number of hydrogen-bond acceptors (Lipinski definition) is 2. The minimum Gasteiger partial charge on any atom is -0.387 e. The monoisotopic (exact) mass is 239 g/mol. The summed E-state index contributed by atoms with van der Waals surface area (Å²) in [5, 5.41) is 10.4. The minimum absolute atomic E-state index is 0.117. The number of rotatable bonds is 3. The average Bonchev–Trinajstić information content (AvgIpc) is 2.25. The summed E-state index contributed by atoms with van der Waals surface area (Å²) in [4.78, 5) is 11.7. The molecule has 4 heteroatoms. The van der Waals surface area contributed by atoms with E-state index in [1.165, 1.54) is 0 Å². The zero-order valence-corrected chi connectivity index (χ0v) is 11.2. The van der Waals surface area contributed by atoms with Gasteiger partial charge < -0.3 is 11.1 Å². The number of carbonyl (C=O) groups excluding carboxylic acids is 1. The first-order valence-corrected chi connectivity index (χ1v) is 6.43. The summed E-state index contributed by atoms with van der Waals surface area (Å²) in [6, 6.07) is 0. The molecule has 0 radical (unpaired) electrons. The van der Waals surface area contributed by atoms with Crippen LogP contribution in [0.15, 0.2) is 0 Å². The number of nitrogens with one attached hydrogen (secondary N) is 2.